The van der Waals surface area contributed by atoms with Gasteiger partial charge in [-0.1, -0.05) is 43.3 Å². The summed E-state index contributed by atoms with van der Waals surface area (Å²) in [5.41, 5.74) is 2.87. The van der Waals surface area contributed by atoms with Gasteiger partial charge in [0, 0.05) is 17.5 Å². The third-order valence-electron chi connectivity index (χ3n) is 6.63. The molecule has 2 atom stereocenters. The number of oxime groups is 1. The van der Waals surface area contributed by atoms with E-state index >= 15 is 0 Å². The fourth-order valence-electron chi connectivity index (χ4n) is 4.54. The lowest BCUT2D eigenvalue weighted by Crippen LogP contribution is -2.35. The number of carboxylic acid groups (broad SMARTS) is 1. The first-order valence-corrected chi connectivity index (χ1v) is 12.6. The van der Waals surface area contributed by atoms with E-state index in [0.29, 0.717) is 29.1 Å². The lowest BCUT2D eigenvalue weighted by atomic mass is 9.91. The maximum atomic E-state index is 14.0. The van der Waals surface area contributed by atoms with Crippen LogP contribution < -0.4 is 9.47 Å². The Balaban J connectivity index is 1.26. The molecular weight excluding hydrogens is 525 g/mol. The average molecular weight is 551 g/mol. The van der Waals surface area contributed by atoms with E-state index in [1.165, 1.54) is 6.07 Å². The predicted octanol–water partition coefficient (Wildman–Crippen LogP) is 6.50. The molecule has 1 aromatic heterocycles. The van der Waals surface area contributed by atoms with Gasteiger partial charge in [-0.15, -0.1) is 0 Å². The van der Waals surface area contributed by atoms with Crippen molar-refractivity contribution in [3.8, 4) is 22.6 Å². The Morgan fingerprint density at radius 2 is 1.65 bits per heavy atom. The second-order valence-corrected chi connectivity index (χ2v) is 9.73. The number of aromatic nitrogens is 1. The standard InChI is InChI=1S/C30H25F3N2O5/c1-16(2)28-22(27(35-40-28)15-39-29-23(32)12-20(31)13-24(29)33)14-38-21-7-3-17(4-8-21)18-5-9-25-19(11-18)6-10-26(34-25)30(36)37/h3-13,16,22,28H,14-15H2,1-2H3,(H,36,37). The van der Waals surface area contributed by atoms with Crippen molar-refractivity contribution >= 4 is 22.6 Å². The second-order valence-electron chi connectivity index (χ2n) is 9.73. The Labute approximate surface area is 227 Å². The van der Waals surface area contributed by atoms with Crippen LogP contribution in [0.1, 0.15) is 24.3 Å². The highest BCUT2D eigenvalue weighted by Crippen LogP contribution is 2.30. The van der Waals surface area contributed by atoms with Crippen LogP contribution in [-0.2, 0) is 4.84 Å². The number of aromatic carboxylic acids is 1. The zero-order valence-corrected chi connectivity index (χ0v) is 21.6. The molecular formula is C30H25F3N2O5. The number of hydrogen-bond acceptors (Lipinski definition) is 6. The van der Waals surface area contributed by atoms with Gasteiger partial charge in [0.25, 0.3) is 0 Å². The third kappa shape index (κ3) is 5.70. The van der Waals surface area contributed by atoms with Crippen molar-refractivity contribution in [2.45, 2.75) is 20.0 Å². The van der Waals surface area contributed by atoms with E-state index in [0.717, 1.165) is 16.5 Å². The van der Waals surface area contributed by atoms with Gasteiger partial charge in [-0.3, -0.25) is 0 Å². The minimum atomic E-state index is -1.14. The molecule has 0 amide bonds. The highest BCUT2D eigenvalue weighted by Gasteiger charge is 2.37. The van der Waals surface area contributed by atoms with E-state index in [1.54, 1.807) is 12.1 Å². The van der Waals surface area contributed by atoms with Crippen LogP contribution >= 0.6 is 0 Å². The fourth-order valence-corrected chi connectivity index (χ4v) is 4.54. The number of carbonyl (C=O) groups is 1. The molecule has 1 aliphatic heterocycles. The van der Waals surface area contributed by atoms with Crippen molar-refractivity contribution in [2.75, 3.05) is 13.2 Å². The maximum Gasteiger partial charge on any atom is 0.354 e. The number of halogens is 3. The summed E-state index contributed by atoms with van der Waals surface area (Å²) in [6.07, 6.45) is -0.325. The van der Waals surface area contributed by atoms with Crippen LogP contribution in [0.15, 0.2) is 71.9 Å². The van der Waals surface area contributed by atoms with Crippen molar-refractivity contribution in [3.63, 3.8) is 0 Å². The Bertz CT molecular complexity index is 1570. The summed E-state index contributed by atoms with van der Waals surface area (Å²) in [4.78, 5) is 20.9. The van der Waals surface area contributed by atoms with E-state index in [4.69, 9.17) is 19.4 Å². The summed E-state index contributed by atoms with van der Waals surface area (Å²) in [6, 6.07) is 17.3. The summed E-state index contributed by atoms with van der Waals surface area (Å²) >= 11 is 0. The van der Waals surface area contributed by atoms with Crippen LogP contribution in [0.3, 0.4) is 0 Å². The number of benzene rings is 3. The van der Waals surface area contributed by atoms with Crippen LogP contribution in [-0.4, -0.2) is 41.1 Å². The van der Waals surface area contributed by atoms with Gasteiger partial charge in [-0.05, 0) is 47.4 Å². The predicted molar refractivity (Wildman–Crippen MR) is 142 cm³/mol. The molecule has 5 rings (SSSR count). The minimum Gasteiger partial charge on any atom is -0.493 e. The topological polar surface area (TPSA) is 90.2 Å². The molecule has 0 saturated carbocycles. The monoisotopic (exact) mass is 550 g/mol. The van der Waals surface area contributed by atoms with Gasteiger partial charge in [0.1, 0.15) is 42.3 Å². The number of fused-ring (bicyclic) bond motifs is 1. The smallest absolute Gasteiger partial charge is 0.354 e. The molecule has 206 valence electrons. The number of pyridine rings is 1. The molecule has 0 spiro atoms. The second kappa shape index (κ2) is 11.3. The van der Waals surface area contributed by atoms with Crippen LogP contribution in [0.4, 0.5) is 13.2 Å². The lowest BCUT2D eigenvalue weighted by molar-refractivity contribution is 0.0177. The lowest BCUT2D eigenvalue weighted by Gasteiger charge is -2.22. The van der Waals surface area contributed by atoms with Crippen LogP contribution in [0.2, 0.25) is 0 Å². The van der Waals surface area contributed by atoms with Gasteiger partial charge >= 0.3 is 5.97 Å². The molecule has 40 heavy (non-hydrogen) atoms. The Kier molecular flexibility index (Phi) is 7.59. The number of nitrogens with zero attached hydrogens (tertiary/aromatic N) is 2. The largest absolute Gasteiger partial charge is 0.493 e. The van der Waals surface area contributed by atoms with E-state index in [1.807, 2.05) is 50.2 Å². The van der Waals surface area contributed by atoms with E-state index in [2.05, 4.69) is 10.1 Å². The van der Waals surface area contributed by atoms with Gasteiger partial charge in [-0.2, -0.15) is 0 Å². The maximum absolute atomic E-state index is 14.0. The molecule has 4 aromatic rings. The number of rotatable bonds is 9. The molecule has 0 radical (unpaired) electrons. The summed E-state index contributed by atoms with van der Waals surface area (Å²) < 4.78 is 52.6. The number of carboxylic acids is 1. The quantitative estimate of drug-likeness (QED) is 0.256. The molecule has 2 unspecified atom stereocenters. The van der Waals surface area contributed by atoms with Crippen molar-refractivity contribution < 1.29 is 37.4 Å². The third-order valence-corrected chi connectivity index (χ3v) is 6.63. The zero-order chi connectivity index (χ0) is 28.4. The number of ether oxygens (including phenoxy) is 2. The van der Waals surface area contributed by atoms with Gasteiger partial charge in [0.2, 0.25) is 0 Å². The molecule has 1 aliphatic rings. The molecule has 0 fully saturated rings. The summed E-state index contributed by atoms with van der Waals surface area (Å²) in [5.74, 6) is -4.74. The van der Waals surface area contributed by atoms with Gasteiger partial charge in [0.15, 0.2) is 17.4 Å². The average Bonchev–Trinajstić information content (AvgIpc) is 3.34. The highest BCUT2D eigenvalue weighted by molar-refractivity contribution is 5.91. The molecule has 2 heterocycles. The van der Waals surface area contributed by atoms with Crippen molar-refractivity contribution in [1.82, 2.24) is 4.98 Å². The minimum absolute atomic E-state index is 0.0105. The highest BCUT2D eigenvalue weighted by atomic mass is 19.1. The van der Waals surface area contributed by atoms with Crippen molar-refractivity contribution in [3.05, 3.63) is 89.9 Å². The first kappa shape index (κ1) is 27.0. The SMILES string of the molecule is CC(C)C1ON=C(COc2c(F)cc(F)cc2F)C1COc1ccc(-c2ccc3nc(C(=O)O)ccc3c2)cc1. The molecule has 0 aliphatic carbocycles. The van der Waals surface area contributed by atoms with Crippen LogP contribution in [0.25, 0.3) is 22.0 Å². The Morgan fingerprint density at radius 1 is 0.950 bits per heavy atom. The van der Waals surface area contributed by atoms with Gasteiger partial charge < -0.3 is 19.4 Å². The summed E-state index contributed by atoms with van der Waals surface area (Å²) in [6.45, 7) is 3.87. The van der Waals surface area contributed by atoms with E-state index < -0.39 is 29.2 Å². The first-order chi connectivity index (χ1) is 19.2. The Hall–Kier alpha value is -4.60. The molecule has 10 heteroatoms. The first-order valence-electron chi connectivity index (χ1n) is 12.6. The summed E-state index contributed by atoms with van der Waals surface area (Å²) in [7, 11) is 0. The molecule has 0 bridgehead atoms. The zero-order valence-electron chi connectivity index (χ0n) is 21.6. The molecule has 1 N–H and O–H groups in total. The molecule has 7 nitrogen and oxygen atoms in total. The number of hydrogen-bond donors (Lipinski definition) is 1. The molecule has 0 saturated heterocycles. The van der Waals surface area contributed by atoms with Crippen LogP contribution in [0, 0.1) is 29.3 Å². The van der Waals surface area contributed by atoms with E-state index in [9.17, 15) is 18.0 Å². The van der Waals surface area contributed by atoms with Crippen molar-refractivity contribution in [2.24, 2.45) is 17.0 Å². The van der Waals surface area contributed by atoms with Gasteiger partial charge in [-0.25, -0.2) is 22.9 Å². The van der Waals surface area contributed by atoms with Gasteiger partial charge in [0.05, 0.1) is 11.4 Å². The van der Waals surface area contributed by atoms with E-state index in [-0.39, 0.29) is 36.8 Å². The normalized spacial score (nSPS) is 16.6. The summed E-state index contributed by atoms with van der Waals surface area (Å²) in [5, 5.41) is 14.0. The van der Waals surface area contributed by atoms with Crippen molar-refractivity contribution in [1.29, 1.82) is 0 Å². The Morgan fingerprint density at radius 3 is 2.33 bits per heavy atom. The van der Waals surface area contributed by atoms with Crippen LogP contribution in [0.5, 0.6) is 11.5 Å². The fraction of sp³-hybridized carbons (Fsp3) is 0.233. The molecule has 3 aromatic carbocycles.